The summed E-state index contributed by atoms with van der Waals surface area (Å²) in [6, 6.07) is 0. The molecule has 1 aliphatic rings. The second-order valence-corrected chi connectivity index (χ2v) is 5.42. The summed E-state index contributed by atoms with van der Waals surface area (Å²) in [6.45, 7) is 1.28. The molecule has 9 heteroatoms. The first kappa shape index (κ1) is 17.0. The maximum atomic E-state index is 12.3. The van der Waals surface area contributed by atoms with Crippen LogP contribution in [0.3, 0.4) is 0 Å². The molecule has 1 aromatic heterocycles. The van der Waals surface area contributed by atoms with E-state index in [9.17, 15) is 18.0 Å². The van der Waals surface area contributed by atoms with Gasteiger partial charge in [-0.3, -0.25) is 14.9 Å². The van der Waals surface area contributed by atoms with Gasteiger partial charge in [-0.15, -0.1) is 0 Å². The fourth-order valence-corrected chi connectivity index (χ4v) is 2.05. The Balaban J connectivity index is 2.08. The Labute approximate surface area is 131 Å². The van der Waals surface area contributed by atoms with Crippen LogP contribution in [0.5, 0.6) is 0 Å². The summed E-state index contributed by atoms with van der Waals surface area (Å²) in [6.07, 6.45) is -0.350. The SMILES string of the molecule is CN=C(N/C(C)=C/C(F)(F)F)c1[nH]ncc1NC(=O)CC1CC1. The van der Waals surface area contributed by atoms with Gasteiger partial charge < -0.3 is 10.6 Å². The van der Waals surface area contributed by atoms with Crippen molar-refractivity contribution in [2.75, 3.05) is 12.4 Å². The van der Waals surface area contributed by atoms with Gasteiger partial charge in [0, 0.05) is 25.2 Å². The van der Waals surface area contributed by atoms with Gasteiger partial charge in [-0.1, -0.05) is 0 Å². The maximum absolute atomic E-state index is 12.3. The highest BCUT2D eigenvalue weighted by molar-refractivity contribution is 6.05. The molecule has 1 fully saturated rings. The number of amidine groups is 1. The van der Waals surface area contributed by atoms with Gasteiger partial charge in [-0.25, -0.2) is 0 Å². The first-order valence-corrected chi connectivity index (χ1v) is 7.12. The van der Waals surface area contributed by atoms with Crippen LogP contribution >= 0.6 is 0 Å². The molecule has 1 aromatic rings. The second kappa shape index (κ2) is 6.84. The molecule has 0 radical (unpaired) electrons. The third-order valence-electron chi connectivity index (χ3n) is 3.24. The number of aliphatic imine (C=N–C) groups is 1. The van der Waals surface area contributed by atoms with Crippen molar-refractivity contribution in [3.63, 3.8) is 0 Å². The minimum Gasteiger partial charge on any atom is -0.343 e. The Morgan fingerprint density at radius 1 is 1.52 bits per heavy atom. The number of halogens is 3. The number of nitrogens with one attached hydrogen (secondary N) is 3. The number of amides is 1. The third kappa shape index (κ3) is 5.42. The van der Waals surface area contributed by atoms with Crippen LogP contribution in [0, 0.1) is 5.92 Å². The lowest BCUT2D eigenvalue weighted by Gasteiger charge is -2.11. The number of alkyl halides is 3. The van der Waals surface area contributed by atoms with Gasteiger partial charge >= 0.3 is 6.18 Å². The lowest BCUT2D eigenvalue weighted by atomic mass is 10.2. The molecule has 1 amide bonds. The lowest BCUT2D eigenvalue weighted by Crippen LogP contribution is -2.26. The monoisotopic (exact) mass is 329 g/mol. The molecular weight excluding hydrogens is 311 g/mol. The minimum atomic E-state index is -4.43. The molecule has 0 bridgehead atoms. The number of allylic oxidation sites excluding steroid dienone is 2. The van der Waals surface area contributed by atoms with Crippen molar-refractivity contribution in [2.24, 2.45) is 10.9 Å². The quantitative estimate of drug-likeness (QED) is 0.573. The van der Waals surface area contributed by atoms with Crippen LogP contribution in [0.4, 0.5) is 18.9 Å². The predicted molar refractivity (Wildman–Crippen MR) is 80.0 cm³/mol. The molecule has 0 atom stereocenters. The summed E-state index contributed by atoms with van der Waals surface area (Å²) in [7, 11) is 1.43. The van der Waals surface area contributed by atoms with E-state index in [-0.39, 0.29) is 23.5 Å². The van der Waals surface area contributed by atoms with E-state index in [0.29, 0.717) is 23.7 Å². The van der Waals surface area contributed by atoms with Gasteiger partial charge in [-0.2, -0.15) is 18.3 Å². The average molecular weight is 329 g/mol. The number of anilines is 1. The van der Waals surface area contributed by atoms with E-state index in [2.05, 4.69) is 25.8 Å². The van der Waals surface area contributed by atoms with Crippen molar-refractivity contribution in [3.8, 4) is 0 Å². The van der Waals surface area contributed by atoms with Crippen LogP contribution in [0.2, 0.25) is 0 Å². The summed E-state index contributed by atoms with van der Waals surface area (Å²) in [5.74, 6) is 0.440. The maximum Gasteiger partial charge on any atom is 0.411 e. The first-order chi connectivity index (χ1) is 10.8. The van der Waals surface area contributed by atoms with Crippen LogP contribution in [0.25, 0.3) is 0 Å². The zero-order valence-corrected chi connectivity index (χ0v) is 12.8. The Morgan fingerprint density at radius 2 is 2.22 bits per heavy atom. The van der Waals surface area contributed by atoms with E-state index in [0.717, 1.165) is 12.8 Å². The molecule has 0 aromatic carbocycles. The topological polar surface area (TPSA) is 82.2 Å². The molecule has 2 rings (SSSR count). The number of nitrogens with zero attached hydrogens (tertiary/aromatic N) is 2. The number of hydrogen-bond acceptors (Lipinski definition) is 3. The number of rotatable bonds is 5. The summed E-state index contributed by atoms with van der Waals surface area (Å²) in [4.78, 5) is 15.8. The molecule has 0 aliphatic heterocycles. The van der Waals surface area contributed by atoms with Crippen LogP contribution in [0.15, 0.2) is 23.0 Å². The Morgan fingerprint density at radius 3 is 2.78 bits per heavy atom. The highest BCUT2D eigenvalue weighted by Gasteiger charge is 2.26. The smallest absolute Gasteiger partial charge is 0.343 e. The molecule has 0 unspecified atom stereocenters. The molecule has 126 valence electrons. The van der Waals surface area contributed by atoms with Crippen LogP contribution in [-0.4, -0.2) is 35.2 Å². The first-order valence-electron chi connectivity index (χ1n) is 7.12. The fraction of sp³-hybridized carbons (Fsp3) is 0.500. The van der Waals surface area contributed by atoms with Gasteiger partial charge in [0.25, 0.3) is 0 Å². The number of H-pyrrole nitrogens is 1. The number of carbonyl (C=O) groups is 1. The van der Waals surface area contributed by atoms with Crippen molar-refractivity contribution in [3.05, 3.63) is 23.7 Å². The van der Waals surface area contributed by atoms with E-state index < -0.39 is 6.18 Å². The standard InChI is InChI=1S/C14H18F3N5O/c1-8(6-14(15,16)17)20-13(18-2)12-10(7-19-22-12)21-11(23)5-9-3-4-9/h6-7,9H,3-5H2,1-2H3,(H,18,20)(H,19,22)(H,21,23)/b8-6+. The third-order valence-corrected chi connectivity index (χ3v) is 3.24. The zero-order valence-electron chi connectivity index (χ0n) is 12.8. The predicted octanol–water partition coefficient (Wildman–Crippen LogP) is 2.58. The largest absolute Gasteiger partial charge is 0.411 e. The average Bonchev–Trinajstić information content (AvgIpc) is 3.11. The number of aromatic nitrogens is 2. The van der Waals surface area contributed by atoms with Gasteiger partial charge in [0.1, 0.15) is 5.69 Å². The summed E-state index contributed by atoms with van der Waals surface area (Å²) in [5.41, 5.74) is 0.582. The lowest BCUT2D eigenvalue weighted by molar-refractivity contribution is -0.116. The second-order valence-electron chi connectivity index (χ2n) is 5.42. The summed E-state index contributed by atoms with van der Waals surface area (Å²) < 4.78 is 37.0. The molecule has 1 heterocycles. The van der Waals surface area contributed by atoms with E-state index in [4.69, 9.17) is 0 Å². The van der Waals surface area contributed by atoms with Crippen LogP contribution < -0.4 is 10.6 Å². The van der Waals surface area contributed by atoms with E-state index in [1.807, 2.05) is 0 Å². The molecule has 23 heavy (non-hydrogen) atoms. The molecule has 6 nitrogen and oxygen atoms in total. The van der Waals surface area contributed by atoms with Crippen molar-refractivity contribution >= 4 is 17.4 Å². The molecule has 1 saturated carbocycles. The molecule has 3 N–H and O–H groups in total. The Hall–Kier alpha value is -2.32. The van der Waals surface area contributed by atoms with Gasteiger partial charge in [-0.05, 0) is 25.7 Å². The van der Waals surface area contributed by atoms with Gasteiger partial charge in [0.2, 0.25) is 5.91 Å². The molecule has 0 saturated heterocycles. The number of aromatic amines is 1. The van der Waals surface area contributed by atoms with E-state index >= 15 is 0 Å². The van der Waals surface area contributed by atoms with E-state index in [1.54, 1.807) is 0 Å². The summed E-state index contributed by atoms with van der Waals surface area (Å²) >= 11 is 0. The van der Waals surface area contributed by atoms with Crippen molar-refractivity contribution in [1.82, 2.24) is 15.5 Å². The van der Waals surface area contributed by atoms with Gasteiger partial charge in [0.05, 0.1) is 11.9 Å². The molecular formula is C14H18F3N5O. The highest BCUT2D eigenvalue weighted by Crippen LogP contribution is 2.32. The van der Waals surface area contributed by atoms with Gasteiger partial charge in [0.15, 0.2) is 5.84 Å². The minimum absolute atomic E-state index is 0.122. The normalized spacial score (nSPS) is 16.4. The van der Waals surface area contributed by atoms with Crippen LogP contribution in [0.1, 0.15) is 31.9 Å². The van der Waals surface area contributed by atoms with E-state index in [1.165, 1.54) is 20.2 Å². The fourth-order valence-electron chi connectivity index (χ4n) is 2.05. The number of hydrogen-bond donors (Lipinski definition) is 3. The Kier molecular flexibility index (Phi) is 5.07. The highest BCUT2D eigenvalue weighted by atomic mass is 19.4. The van der Waals surface area contributed by atoms with Crippen molar-refractivity contribution in [2.45, 2.75) is 32.4 Å². The summed E-state index contributed by atoms with van der Waals surface area (Å²) in [5, 5.41) is 11.7. The molecule has 0 spiro atoms. The zero-order chi connectivity index (χ0) is 17.0. The van der Waals surface area contributed by atoms with Crippen molar-refractivity contribution < 1.29 is 18.0 Å². The van der Waals surface area contributed by atoms with Crippen molar-refractivity contribution in [1.29, 1.82) is 0 Å². The van der Waals surface area contributed by atoms with Crippen LogP contribution in [-0.2, 0) is 4.79 Å². The Bertz CT molecular complexity index is 629. The number of carbonyl (C=O) groups excluding carboxylic acids is 1. The molecule has 1 aliphatic carbocycles.